The van der Waals surface area contributed by atoms with Gasteiger partial charge in [-0.25, -0.2) is 9.97 Å². The molecule has 2 N–H and O–H groups in total. The van der Waals surface area contributed by atoms with Crippen LogP contribution in [0.3, 0.4) is 0 Å². The van der Waals surface area contributed by atoms with E-state index in [0.717, 1.165) is 28.8 Å². The first-order valence-electron chi connectivity index (χ1n) is 5.54. The molecule has 0 radical (unpaired) electrons. The van der Waals surface area contributed by atoms with Crippen molar-refractivity contribution < 1.29 is 0 Å². The van der Waals surface area contributed by atoms with E-state index >= 15 is 0 Å². The molecule has 0 fully saturated rings. The zero-order chi connectivity index (χ0) is 12.1. The van der Waals surface area contributed by atoms with Crippen molar-refractivity contribution in [2.24, 2.45) is 5.73 Å². The van der Waals surface area contributed by atoms with E-state index in [1.807, 2.05) is 24.3 Å². The van der Waals surface area contributed by atoms with Gasteiger partial charge in [0.2, 0.25) is 0 Å². The van der Waals surface area contributed by atoms with Gasteiger partial charge in [0.25, 0.3) is 0 Å². The lowest BCUT2D eigenvalue weighted by Crippen LogP contribution is -2.06. The number of nitrogens with two attached hydrogens (primary N) is 1. The second-order valence-corrected chi connectivity index (χ2v) is 4.63. The fourth-order valence-corrected chi connectivity index (χ4v) is 2.05. The van der Waals surface area contributed by atoms with Crippen LogP contribution >= 0.6 is 15.9 Å². The summed E-state index contributed by atoms with van der Waals surface area (Å²) in [5.41, 5.74) is 7.72. The van der Waals surface area contributed by atoms with Crippen LogP contribution in [0.15, 0.2) is 41.0 Å². The van der Waals surface area contributed by atoms with E-state index in [1.54, 1.807) is 6.20 Å². The number of halogens is 1. The van der Waals surface area contributed by atoms with Crippen molar-refractivity contribution >= 4 is 15.9 Å². The second-order valence-electron chi connectivity index (χ2n) is 3.77. The topological polar surface area (TPSA) is 51.8 Å². The Hall–Kier alpha value is -1.26. The highest BCUT2D eigenvalue weighted by Gasteiger charge is 2.03. The number of benzene rings is 1. The van der Waals surface area contributed by atoms with Gasteiger partial charge in [0, 0.05) is 29.2 Å². The van der Waals surface area contributed by atoms with Crippen LogP contribution in [-0.4, -0.2) is 16.5 Å². The van der Waals surface area contributed by atoms with Crippen LogP contribution in [0.4, 0.5) is 0 Å². The van der Waals surface area contributed by atoms with E-state index in [0.29, 0.717) is 6.54 Å². The number of hydrogen-bond donors (Lipinski definition) is 1. The number of rotatable bonds is 4. The molecule has 0 unspecified atom stereocenters. The summed E-state index contributed by atoms with van der Waals surface area (Å²) in [7, 11) is 0. The third kappa shape index (κ3) is 3.35. The quantitative estimate of drug-likeness (QED) is 0.941. The van der Waals surface area contributed by atoms with E-state index in [-0.39, 0.29) is 0 Å². The number of aromatic nitrogens is 2. The van der Waals surface area contributed by atoms with Gasteiger partial charge < -0.3 is 5.73 Å². The van der Waals surface area contributed by atoms with E-state index in [4.69, 9.17) is 5.73 Å². The lowest BCUT2D eigenvalue weighted by molar-refractivity contribution is 0.865. The van der Waals surface area contributed by atoms with Gasteiger partial charge in [-0.1, -0.05) is 34.1 Å². The summed E-state index contributed by atoms with van der Waals surface area (Å²) >= 11 is 3.53. The highest BCUT2D eigenvalue weighted by molar-refractivity contribution is 9.10. The Morgan fingerprint density at radius 2 is 2.00 bits per heavy atom. The van der Waals surface area contributed by atoms with Crippen LogP contribution in [0.2, 0.25) is 0 Å². The molecular weight excluding hydrogens is 278 g/mol. The normalized spacial score (nSPS) is 10.5. The second kappa shape index (κ2) is 5.89. The molecule has 0 saturated carbocycles. The molecule has 17 heavy (non-hydrogen) atoms. The molecule has 0 atom stereocenters. The SMILES string of the molecule is NCCc1ccnc(Cc2ccccc2Br)n1. The van der Waals surface area contributed by atoms with Crippen LogP contribution < -0.4 is 5.73 Å². The molecule has 0 aliphatic rings. The third-order valence-corrected chi connectivity index (χ3v) is 3.24. The largest absolute Gasteiger partial charge is 0.330 e. The molecule has 0 spiro atoms. The molecule has 3 nitrogen and oxygen atoms in total. The molecule has 0 aliphatic heterocycles. The lowest BCUT2D eigenvalue weighted by Gasteiger charge is -2.04. The van der Waals surface area contributed by atoms with Gasteiger partial charge >= 0.3 is 0 Å². The van der Waals surface area contributed by atoms with Crippen molar-refractivity contribution in [3.05, 3.63) is 58.1 Å². The molecule has 0 bridgehead atoms. The standard InChI is InChI=1S/C13H14BrN3/c14-12-4-2-1-3-10(12)9-13-16-8-6-11(17-13)5-7-15/h1-4,6,8H,5,7,9,15H2. The third-order valence-electron chi connectivity index (χ3n) is 2.47. The molecule has 1 aromatic heterocycles. The Kier molecular flexibility index (Phi) is 4.23. The Bertz CT molecular complexity index is 500. The Morgan fingerprint density at radius 1 is 1.18 bits per heavy atom. The van der Waals surface area contributed by atoms with Crippen LogP contribution in [0.1, 0.15) is 17.1 Å². The molecule has 1 aromatic carbocycles. The summed E-state index contributed by atoms with van der Waals surface area (Å²) in [5.74, 6) is 0.836. The molecular formula is C13H14BrN3. The molecule has 4 heteroatoms. The van der Waals surface area contributed by atoms with Gasteiger partial charge in [0.05, 0.1) is 0 Å². The lowest BCUT2D eigenvalue weighted by atomic mass is 10.1. The van der Waals surface area contributed by atoms with Gasteiger partial charge in [-0.05, 0) is 24.2 Å². The number of hydrogen-bond acceptors (Lipinski definition) is 3. The predicted octanol–water partition coefficient (Wildman–Crippen LogP) is 2.33. The Balaban J connectivity index is 2.18. The zero-order valence-electron chi connectivity index (χ0n) is 9.44. The average Bonchev–Trinajstić information content (AvgIpc) is 2.33. The van der Waals surface area contributed by atoms with Crippen molar-refractivity contribution in [1.82, 2.24) is 9.97 Å². The first-order chi connectivity index (χ1) is 8.29. The monoisotopic (exact) mass is 291 g/mol. The Morgan fingerprint density at radius 3 is 2.76 bits per heavy atom. The average molecular weight is 292 g/mol. The maximum atomic E-state index is 5.52. The van der Waals surface area contributed by atoms with Crippen molar-refractivity contribution in [1.29, 1.82) is 0 Å². The highest BCUT2D eigenvalue weighted by Crippen LogP contribution is 2.18. The summed E-state index contributed by atoms with van der Waals surface area (Å²) in [6.45, 7) is 0.617. The van der Waals surface area contributed by atoms with E-state index in [1.165, 1.54) is 5.56 Å². The first kappa shape index (κ1) is 12.2. The van der Waals surface area contributed by atoms with Crippen LogP contribution in [0, 0.1) is 0 Å². The minimum Gasteiger partial charge on any atom is -0.330 e. The van der Waals surface area contributed by atoms with E-state index in [2.05, 4.69) is 32.0 Å². The summed E-state index contributed by atoms with van der Waals surface area (Å²) in [6.07, 6.45) is 3.33. The summed E-state index contributed by atoms with van der Waals surface area (Å²) in [5, 5.41) is 0. The van der Waals surface area contributed by atoms with Crippen molar-refractivity contribution in [2.45, 2.75) is 12.8 Å². The molecule has 0 amide bonds. The minimum atomic E-state index is 0.617. The first-order valence-corrected chi connectivity index (χ1v) is 6.33. The molecule has 0 aliphatic carbocycles. The van der Waals surface area contributed by atoms with E-state index in [9.17, 15) is 0 Å². The van der Waals surface area contributed by atoms with E-state index < -0.39 is 0 Å². The highest BCUT2D eigenvalue weighted by atomic mass is 79.9. The van der Waals surface area contributed by atoms with Gasteiger partial charge in [-0.15, -0.1) is 0 Å². The maximum Gasteiger partial charge on any atom is 0.132 e. The summed E-state index contributed by atoms with van der Waals surface area (Å²) in [6, 6.07) is 10.0. The van der Waals surface area contributed by atoms with Crippen molar-refractivity contribution in [2.75, 3.05) is 6.54 Å². The van der Waals surface area contributed by atoms with Crippen molar-refractivity contribution in [3.8, 4) is 0 Å². The Labute approximate surface area is 109 Å². The van der Waals surface area contributed by atoms with Gasteiger partial charge in [0.15, 0.2) is 0 Å². The number of nitrogens with zero attached hydrogens (tertiary/aromatic N) is 2. The maximum absolute atomic E-state index is 5.52. The van der Waals surface area contributed by atoms with Crippen molar-refractivity contribution in [3.63, 3.8) is 0 Å². The molecule has 1 heterocycles. The zero-order valence-corrected chi connectivity index (χ0v) is 11.0. The smallest absolute Gasteiger partial charge is 0.132 e. The van der Waals surface area contributed by atoms with Gasteiger partial charge in [-0.3, -0.25) is 0 Å². The van der Waals surface area contributed by atoms with Crippen LogP contribution in [0.5, 0.6) is 0 Å². The fourth-order valence-electron chi connectivity index (χ4n) is 1.63. The fraction of sp³-hybridized carbons (Fsp3) is 0.231. The summed E-state index contributed by atoms with van der Waals surface area (Å²) < 4.78 is 1.09. The molecule has 2 rings (SSSR count). The predicted molar refractivity (Wildman–Crippen MR) is 71.7 cm³/mol. The minimum absolute atomic E-state index is 0.617. The molecule has 0 saturated heterocycles. The van der Waals surface area contributed by atoms with Gasteiger partial charge in [-0.2, -0.15) is 0 Å². The van der Waals surface area contributed by atoms with Crippen LogP contribution in [0.25, 0.3) is 0 Å². The van der Waals surface area contributed by atoms with Crippen LogP contribution in [-0.2, 0) is 12.8 Å². The molecule has 2 aromatic rings. The van der Waals surface area contributed by atoms with Gasteiger partial charge in [0.1, 0.15) is 5.82 Å². The molecule has 88 valence electrons. The summed E-state index contributed by atoms with van der Waals surface area (Å²) in [4.78, 5) is 8.77.